The average molecular weight is 619 g/mol. The van der Waals surface area contributed by atoms with Gasteiger partial charge in [0.15, 0.2) is 0 Å². The summed E-state index contributed by atoms with van der Waals surface area (Å²) < 4.78 is 59.2. The Morgan fingerprint density at radius 3 is 0.852 bits per heavy atom. The zero-order chi connectivity index (χ0) is 19.3. The fourth-order valence-corrected chi connectivity index (χ4v) is 9.71. The molecule has 0 spiro atoms. The van der Waals surface area contributed by atoms with E-state index >= 15 is 0 Å². The van der Waals surface area contributed by atoms with Gasteiger partial charge < -0.3 is 0 Å². The van der Waals surface area contributed by atoms with E-state index in [4.69, 9.17) is 0 Å². The summed E-state index contributed by atoms with van der Waals surface area (Å²) in [5.41, 5.74) is 3.57. The molecular formula is C18H34F6IrP2. The average Bonchev–Trinajstić information content (AvgIpc) is 2.55. The van der Waals surface area contributed by atoms with Gasteiger partial charge in [-0.15, -0.1) is 0 Å². The SMILES string of the molecule is C1CCC(P(C2CCCCC2)C2CCCCC2)CC1.F[P-](F)(F)(F)(F)F.[H+].[Ir]. The number of hydrogen-bond acceptors (Lipinski definition) is 0. The minimum atomic E-state index is -10.7. The Labute approximate surface area is 175 Å². The molecule has 0 aliphatic heterocycles. The van der Waals surface area contributed by atoms with Crippen molar-refractivity contribution in [3.05, 3.63) is 0 Å². The van der Waals surface area contributed by atoms with Gasteiger partial charge in [-0.05, 0) is 55.5 Å². The van der Waals surface area contributed by atoms with Crippen LogP contribution in [0.25, 0.3) is 0 Å². The molecule has 0 aromatic carbocycles. The monoisotopic (exact) mass is 619 g/mol. The second kappa shape index (κ2) is 9.93. The van der Waals surface area contributed by atoms with E-state index in [9.17, 15) is 25.2 Å². The third-order valence-electron chi connectivity index (χ3n) is 5.99. The Bertz CT molecular complexity index is 376. The summed E-state index contributed by atoms with van der Waals surface area (Å²) in [4.78, 5) is 0. The molecular weight excluding hydrogens is 584 g/mol. The summed E-state index contributed by atoms with van der Waals surface area (Å²) in [6.07, 6.45) is 23.6. The molecule has 3 aliphatic rings. The van der Waals surface area contributed by atoms with Gasteiger partial charge in [0, 0.05) is 20.1 Å². The number of halogens is 6. The van der Waals surface area contributed by atoms with Crippen molar-refractivity contribution >= 4 is 15.7 Å². The largest absolute Gasteiger partial charge is 1.00 e. The normalized spacial score (nSPS) is 26.3. The van der Waals surface area contributed by atoms with E-state index in [1.165, 1.54) is 36.2 Å². The molecule has 167 valence electrons. The maximum atomic E-state index is 9.87. The standard InChI is InChI=1S/C18H33P.F6P.Ir/c1-4-10-16(11-5-1)19(17-12-6-2-7-13-17)18-14-8-3-9-15-18;1-7(2,3,4,5)6;/h16-18H,1-15H2;;/q;-1;/p+1. The molecule has 1 radical (unpaired) electrons. The molecule has 0 nitrogen and oxygen atoms in total. The first-order valence-electron chi connectivity index (χ1n) is 10.2. The molecule has 3 aliphatic carbocycles. The van der Waals surface area contributed by atoms with Crippen LogP contribution in [0.15, 0.2) is 0 Å². The minimum Gasteiger partial charge on any atom is 0 e. The van der Waals surface area contributed by atoms with Crippen LogP contribution in [0, 0.1) is 0 Å². The molecule has 0 amide bonds. The summed E-state index contributed by atoms with van der Waals surface area (Å²) in [5, 5.41) is 0. The van der Waals surface area contributed by atoms with Gasteiger partial charge in [0.05, 0.1) is 0 Å². The van der Waals surface area contributed by atoms with Crippen molar-refractivity contribution in [2.45, 2.75) is 113 Å². The molecule has 27 heavy (non-hydrogen) atoms. The van der Waals surface area contributed by atoms with Crippen molar-refractivity contribution < 1.29 is 46.7 Å². The first-order valence-corrected chi connectivity index (χ1v) is 13.8. The van der Waals surface area contributed by atoms with E-state index in [0.717, 1.165) is 0 Å². The zero-order valence-electron chi connectivity index (χ0n) is 16.8. The van der Waals surface area contributed by atoms with Crippen LogP contribution >= 0.6 is 15.7 Å². The molecule has 0 saturated heterocycles. The smallest absolute Gasteiger partial charge is 0 e. The van der Waals surface area contributed by atoms with Crippen LogP contribution in [0.4, 0.5) is 25.2 Å². The topological polar surface area (TPSA) is 0 Å². The summed E-state index contributed by atoms with van der Waals surface area (Å²) in [5.74, 6) is 0. The summed E-state index contributed by atoms with van der Waals surface area (Å²) in [7, 11) is -10.3. The molecule has 0 bridgehead atoms. The van der Waals surface area contributed by atoms with Crippen molar-refractivity contribution in [3.63, 3.8) is 0 Å². The Balaban J connectivity index is 0.000000707. The van der Waals surface area contributed by atoms with Gasteiger partial charge >= 0.3 is 34.4 Å². The number of hydrogen-bond donors (Lipinski definition) is 0. The molecule has 0 atom stereocenters. The molecule has 0 unspecified atom stereocenters. The van der Waals surface area contributed by atoms with Crippen molar-refractivity contribution in [1.29, 1.82) is 0 Å². The van der Waals surface area contributed by atoms with E-state index in [0.29, 0.717) is 7.92 Å². The molecule has 9 heteroatoms. The molecule has 3 fully saturated rings. The first-order chi connectivity index (χ1) is 11.9. The third-order valence-corrected chi connectivity index (χ3v) is 10.1. The van der Waals surface area contributed by atoms with E-state index in [-0.39, 0.29) is 21.5 Å². The van der Waals surface area contributed by atoms with Gasteiger partial charge in [-0.2, -0.15) is 0 Å². The van der Waals surface area contributed by atoms with E-state index in [1.54, 1.807) is 77.0 Å². The molecule has 3 rings (SSSR count). The Hall–Kier alpha value is 1.09. The van der Waals surface area contributed by atoms with Crippen LogP contribution in [0.2, 0.25) is 0 Å². The second-order valence-electron chi connectivity index (χ2n) is 8.28. The van der Waals surface area contributed by atoms with Crippen LogP contribution in [-0.4, -0.2) is 17.0 Å². The maximum Gasteiger partial charge on any atom is 1.00 e. The molecule has 0 heterocycles. The van der Waals surface area contributed by atoms with Crippen LogP contribution < -0.4 is 0 Å². The van der Waals surface area contributed by atoms with Crippen molar-refractivity contribution in [1.82, 2.24) is 0 Å². The van der Waals surface area contributed by atoms with Gasteiger partial charge in [-0.1, -0.05) is 65.7 Å². The fourth-order valence-electron chi connectivity index (χ4n) is 5.03. The van der Waals surface area contributed by atoms with E-state index < -0.39 is 7.81 Å². The molecule has 0 aromatic heterocycles. The van der Waals surface area contributed by atoms with E-state index in [2.05, 4.69) is 0 Å². The van der Waals surface area contributed by atoms with Crippen molar-refractivity contribution in [3.8, 4) is 0 Å². The van der Waals surface area contributed by atoms with Crippen molar-refractivity contribution in [2.24, 2.45) is 0 Å². The second-order valence-corrected chi connectivity index (χ2v) is 13.3. The predicted molar refractivity (Wildman–Crippen MR) is 102 cm³/mol. The summed E-state index contributed by atoms with van der Waals surface area (Å²) >= 11 is 0. The fraction of sp³-hybridized carbons (Fsp3) is 1.00. The molecule has 3 saturated carbocycles. The van der Waals surface area contributed by atoms with Gasteiger partial charge in [0.25, 0.3) is 0 Å². The van der Waals surface area contributed by atoms with Crippen LogP contribution in [0.3, 0.4) is 0 Å². The molecule has 0 N–H and O–H groups in total. The molecule has 0 aromatic rings. The zero-order valence-corrected chi connectivity index (χ0v) is 20.0. The van der Waals surface area contributed by atoms with Gasteiger partial charge in [-0.25, -0.2) is 0 Å². The van der Waals surface area contributed by atoms with Crippen LogP contribution in [0.1, 0.15) is 97.7 Å². The maximum absolute atomic E-state index is 10.7. The predicted octanol–water partition coefficient (Wildman–Crippen LogP) is 9.96. The Morgan fingerprint density at radius 2 is 0.667 bits per heavy atom. The Kier molecular flexibility index (Phi) is 9.61. The third kappa shape index (κ3) is 12.4. The van der Waals surface area contributed by atoms with Crippen LogP contribution in [-0.2, 0) is 20.1 Å². The number of rotatable bonds is 3. The first kappa shape index (κ1) is 26.1. The van der Waals surface area contributed by atoms with Crippen LogP contribution in [0.5, 0.6) is 0 Å². The van der Waals surface area contributed by atoms with Gasteiger partial charge in [0.1, 0.15) is 0 Å². The quantitative estimate of drug-likeness (QED) is 0.218. The minimum absolute atomic E-state index is 0. The summed E-state index contributed by atoms with van der Waals surface area (Å²) in [6.45, 7) is 0. The Morgan fingerprint density at radius 1 is 0.481 bits per heavy atom. The van der Waals surface area contributed by atoms with Gasteiger partial charge in [-0.3, -0.25) is 0 Å². The van der Waals surface area contributed by atoms with Gasteiger partial charge in [0.2, 0.25) is 0 Å². The van der Waals surface area contributed by atoms with E-state index in [1.807, 2.05) is 0 Å². The summed E-state index contributed by atoms with van der Waals surface area (Å²) in [6, 6.07) is 0. The van der Waals surface area contributed by atoms with Crippen molar-refractivity contribution in [2.75, 3.05) is 0 Å².